The van der Waals surface area contributed by atoms with E-state index in [1.165, 1.54) is 0 Å². The van der Waals surface area contributed by atoms with E-state index in [0.717, 1.165) is 0 Å². The third kappa shape index (κ3) is 25.2. The van der Waals surface area contributed by atoms with Crippen molar-refractivity contribution in [2.24, 2.45) is 0 Å². The summed E-state index contributed by atoms with van der Waals surface area (Å²) in [7, 11) is 0. The van der Waals surface area contributed by atoms with Crippen molar-refractivity contribution < 1.29 is 23.4 Å². The average Bonchev–Trinajstić information content (AvgIpc) is 1.91. The van der Waals surface area contributed by atoms with Crippen LogP contribution in [0.25, 0.3) is 0 Å². The Balaban J connectivity index is 0. The first-order valence-corrected chi connectivity index (χ1v) is 2.74. The van der Waals surface area contributed by atoms with Gasteiger partial charge < -0.3 is 10.2 Å². The van der Waals surface area contributed by atoms with E-state index < -0.39 is 19.7 Å². The van der Waals surface area contributed by atoms with Crippen LogP contribution in [0.3, 0.4) is 0 Å². The normalized spacial score (nSPS) is 9.00. The molecule has 2 N–H and O–H groups in total. The zero-order valence-corrected chi connectivity index (χ0v) is 5.43. The van der Waals surface area contributed by atoms with E-state index >= 15 is 0 Å². The second-order valence-electron chi connectivity index (χ2n) is 1.34. The van der Waals surface area contributed by atoms with Crippen LogP contribution in [0, 0.1) is 0 Å². The van der Waals surface area contributed by atoms with Gasteiger partial charge in [-0.05, 0) is 6.42 Å². The third-order valence-corrected chi connectivity index (χ3v) is 0.430. The minimum atomic E-state index is -2.56. The largest absolute Gasteiger partial charge is 0.396 e. The van der Waals surface area contributed by atoms with Gasteiger partial charge in [0, 0.05) is 6.61 Å². The number of aliphatic hydroxyl groups excluding tert-OH is 2. The van der Waals surface area contributed by atoms with E-state index in [-0.39, 0.29) is 13.0 Å². The molecule has 0 spiro atoms. The van der Waals surface area contributed by atoms with Crippen molar-refractivity contribution in [1.82, 2.24) is 0 Å². The maximum absolute atomic E-state index is 10.8. The topological polar surface area (TPSA) is 40.5 Å². The Bertz CT molecular complexity index is 50.2. The molecule has 0 aromatic carbocycles. The number of rotatable bonds is 3. The van der Waals surface area contributed by atoms with Gasteiger partial charge in [0.1, 0.15) is 6.61 Å². The molecule has 0 saturated heterocycles. The maximum Gasteiger partial charge on any atom is 0.261 e. The molecule has 10 heavy (non-hydrogen) atoms. The van der Waals surface area contributed by atoms with Crippen molar-refractivity contribution in [2.45, 2.75) is 12.8 Å². The first-order chi connectivity index (χ1) is 4.68. The van der Waals surface area contributed by atoms with Crippen molar-refractivity contribution >= 4 is 0 Å². The van der Waals surface area contributed by atoms with Gasteiger partial charge in [0.2, 0.25) is 0 Å². The molecule has 0 radical (unpaired) electrons. The molecule has 2 nitrogen and oxygen atoms in total. The molecule has 0 aromatic heterocycles. The maximum atomic E-state index is 10.8. The summed E-state index contributed by atoms with van der Waals surface area (Å²) in [6.07, 6.45) is -2.28. The highest BCUT2D eigenvalue weighted by atomic mass is 19.3. The summed E-state index contributed by atoms with van der Waals surface area (Å²) in [6.45, 7) is -1.47. The fourth-order valence-corrected chi connectivity index (χ4v) is 0.0598. The summed E-state index contributed by atoms with van der Waals surface area (Å²) in [5, 5.41) is 15.2. The highest BCUT2D eigenvalue weighted by molar-refractivity contribution is 4.23. The molecule has 0 aliphatic heterocycles. The molecule has 0 aliphatic rings. The van der Waals surface area contributed by atoms with E-state index in [1.54, 1.807) is 0 Å². The number of aliphatic hydroxyl groups is 2. The van der Waals surface area contributed by atoms with Gasteiger partial charge in [-0.2, -0.15) is 0 Å². The molecule has 0 unspecified atom stereocenters. The van der Waals surface area contributed by atoms with Gasteiger partial charge in [-0.3, -0.25) is 4.39 Å². The summed E-state index contributed by atoms with van der Waals surface area (Å²) < 4.78 is 31.9. The molecule has 0 fully saturated rings. The van der Waals surface area contributed by atoms with Gasteiger partial charge in [0.05, 0.1) is 6.67 Å². The Morgan fingerprint density at radius 2 is 1.60 bits per heavy atom. The van der Waals surface area contributed by atoms with E-state index in [9.17, 15) is 13.2 Å². The Hall–Kier alpha value is -0.290. The molecule has 0 aromatic rings. The van der Waals surface area contributed by atoms with Crippen molar-refractivity contribution in [3.8, 4) is 0 Å². The van der Waals surface area contributed by atoms with E-state index in [2.05, 4.69) is 0 Å². The Labute approximate surface area is 57.3 Å². The van der Waals surface area contributed by atoms with Gasteiger partial charge in [0.25, 0.3) is 6.43 Å². The standard InChI is InChI=1S/C3H7FO.C2H4F2O/c4-2-1-3-5;3-2(4)1-5/h5H,1-3H2;2,5H,1H2. The van der Waals surface area contributed by atoms with Crippen molar-refractivity contribution in [2.75, 3.05) is 19.9 Å². The van der Waals surface area contributed by atoms with Crippen LogP contribution in [0.5, 0.6) is 0 Å². The zero-order chi connectivity index (χ0) is 8.41. The number of halogens is 3. The molecule has 0 rings (SSSR count). The first kappa shape index (κ1) is 12.4. The fourth-order valence-electron chi connectivity index (χ4n) is 0.0598. The van der Waals surface area contributed by atoms with Gasteiger partial charge in [0.15, 0.2) is 0 Å². The summed E-state index contributed by atoms with van der Waals surface area (Å²) >= 11 is 0. The van der Waals surface area contributed by atoms with Crippen LogP contribution in [-0.2, 0) is 0 Å². The summed E-state index contributed by atoms with van der Waals surface area (Å²) in [5.41, 5.74) is 0. The second kappa shape index (κ2) is 11.5. The lowest BCUT2D eigenvalue weighted by Crippen LogP contribution is -1.94. The molecule has 0 aliphatic carbocycles. The molecule has 0 amide bonds. The van der Waals surface area contributed by atoms with Crippen LogP contribution < -0.4 is 0 Å². The highest BCUT2D eigenvalue weighted by Crippen LogP contribution is 1.84. The van der Waals surface area contributed by atoms with E-state index in [0.29, 0.717) is 0 Å². The molecular weight excluding hydrogens is 149 g/mol. The van der Waals surface area contributed by atoms with Crippen LogP contribution >= 0.6 is 0 Å². The molecule has 0 saturated carbocycles. The molecule has 5 heteroatoms. The molecule has 0 bridgehead atoms. The smallest absolute Gasteiger partial charge is 0.261 e. The van der Waals surface area contributed by atoms with Gasteiger partial charge in [-0.15, -0.1) is 0 Å². The van der Waals surface area contributed by atoms with Crippen LogP contribution in [0.15, 0.2) is 0 Å². The minimum Gasteiger partial charge on any atom is -0.396 e. The third-order valence-electron chi connectivity index (χ3n) is 0.430. The SMILES string of the molecule is OCC(F)F.OCCCF. The zero-order valence-electron chi connectivity index (χ0n) is 5.43. The van der Waals surface area contributed by atoms with Crippen LogP contribution in [0.2, 0.25) is 0 Å². The molecule has 64 valence electrons. The predicted octanol–water partition coefficient (Wildman–Crippen LogP) is 0.582. The average molecular weight is 160 g/mol. The lowest BCUT2D eigenvalue weighted by molar-refractivity contribution is 0.0700. The summed E-state index contributed by atoms with van der Waals surface area (Å²) in [5.74, 6) is 0. The Morgan fingerprint density at radius 3 is 1.60 bits per heavy atom. The second-order valence-corrected chi connectivity index (χ2v) is 1.34. The van der Waals surface area contributed by atoms with Crippen LogP contribution in [0.1, 0.15) is 6.42 Å². The van der Waals surface area contributed by atoms with Gasteiger partial charge in [-0.25, -0.2) is 8.78 Å². The van der Waals surface area contributed by atoms with E-state index in [4.69, 9.17) is 10.2 Å². The highest BCUT2D eigenvalue weighted by Gasteiger charge is 1.92. The monoisotopic (exact) mass is 160 g/mol. The quantitative estimate of drug-likeness (QED) is 0.634. The lowest BCUT2D eigenvalue weighted by atomic mass is 10.5. The van der Waals surface area contributed by atoms with Crippen molar-refractivity contribution in [3.63, 3.8) is 0 Å². The van der Waals surface area contributed by atoms with E-state index in [1.807, 2.05) is 0 Å². The Morgan fingerprint density at radius 1 is 1.20 bits per heavy atom. The Kier molecular flexibility index (Phi) is 14.3. The van der Waals surface area contributed by atoms with Crippen molar-refractivity contribution in [1.29, 1.82) is 0 Å². The van der Waals surface area contributed by atoms with Gasteiger partial charge in [-0.1, -0.05) is 0 Å². The predicted molar refractivity (Wildman–Crippen MR) is 30.8 cm³/mol. The number of hydrogen-bond acceptors (Lipinski definition) is 2. The van der Waals surface area contributed by atoms with Crippen LogP contribution in [0.4, 0.5) is 13.2 Å². The first-order valence-electron chi connectivity index (χ1n) is 2.74. The summed E-state index contributed by atoms with van der Waals surface area (Å²) in [6, 6.07) is 0. The molecular formula is C5H11F3O2. The number of hydrogen-bond donors (Lipinski definition) is 2. The summed E-state index contributed by atoms with van der Waals surface area (Å²) in [4.78, 5) is 0. The molecule has 0 heterocycles. The van der Waals surface area contributed by atoms with Gasteiger partial charge >= 0.3 is 0 Å². The van der Waals surface area contributed by atoms with Crippen molar-refractivity contribution in [3.05, 3.63) is 0 Å². The minimum absolute atomic E-state index is 0.0312. The molecule has 0 atom stereocenters. The van der Waals surface area contributed by atoms with Crippen LogP contribution in [-0.4, -0.2) is 36.5 Å². The number of alkyl halides is 3. The fraction of sp³-hybridized carbons (Fsp3) is 1.00. The lowest BCUT2D eigenvalue weighted by Gasteiger charge is -1.81.